The predicted molar refractivity (Wildman–Crippen MR) is 127 cm³/mol. The summed E-state index contributed by atoms with van der Waals surface area (Å²) < 4.78 is 1.12. The van der Waals surface area contributed by atoms with Gasteiger partial charge >= 0.3 is 0 Å². The molecule has 6 nitrogen and oxygen atoms in total. The van der Waals surface area contributed by atoms with Crippen LogP contribution in [0.1, 0.15) is 16.7 Å². The van der Waals surface area contributed by atoms with Crippen molar-refractivity contribution in [1.82, 2.24) is 9.80 Å². The van der Waals surface area contributed by atoms with E-state index < -0.39 is 11.1 Å². The minimum absolute atomic E-state index is 0.120. The van der Waals surface area contributed by atoms with Crippen LogP contribution in [0.3, 0.4) is 0 Å². The molecule has 2 aliphatic rings. The molecule has 30 heavy (non-hydrogen) atoms. The second kappa shape index (κ2) is 8.72. The van der Waals surface area contributed by atoms with Crippen molar-refractivity contribution in [3.8, 4) is 5.75 Å². The highest BCUT2D eigenvalue weighted by molar-refractivity contribution is 14.1. The fourth-order valence-electron chi connectivity index (χ4n) is 3.40. The van der Waals surface area contributed by atoms with Crippen molar-refractivity contribution in [2.45, 2.75) is 13.0 Å². The number of amides is 3. The van der Waals surface area contributed by atoms with Gasteiger partial charge in [-0.05, 0) is 91.6 Å². The topological polar surface area (TPSA) is 77.9 Å². The third-order valence-electron chi connectivity index (χ3n) is 4.99. The molecule has 0 saturated carbocycles. The predicted octanol–water partition coefficient (Wildman–Crippen LogP) is 4.38. The van der Waals surface area contributed by atoms with Crippen LogP contribution in [0.4, 0.5) is 4.79 Å². The number of halogens is 2. The molecule has 9 heteroatoms. The van der Waals surface area contributed by atoms with Crippen LogP contribution in [0.25, 0.3) is 6.08 Å². The summed E-state index contributed by atoms with van der Waals surface area (Å²) in [7, 11) is 0. The number of phenols is 1. The Bertz CT molecular complexity index is 1080. The SMILES string of the molecule is O=C(CN1C(=O)S/C(=C\c2cc(Br)c(O)c(I)c2)C1=O)N1CCc2ccccc2C1. The Kier molecular flexibility index (Phi) is 6.21. The van der Waals surface area contributed by atoms with Crippen LogP contribution in [0.5, 0.6) is 5.75 Å². The van der Waals surface area contributed by atoms with Crippen molar-refractivity contribution in [1.29, 1.82) is 0 Å². The summed E-state index contributed by atoms with van der Waals surface area (Å²) in [6, 6.07) is 11.4. The molecule has 2 aromatic carbocycles. The van der Waals surface area contributed by atoms with E-state index in [0.29, 0.717) is 26.7 Å². The van der Waals surface area contributed by atoms with Crippen LogP contribution in [0.2, 0.25) is 0 Å². The van der Waals surface area contributed by atoms with Crippen molar-refractivity contribution in [2.75, 3.05) is 13.1 Å². The molecule has 0 radical (unpaired) electrons. The van der Waals surface area contributed by atoms with Gasteiger partial charge in [-0.2, -0.15) is 0 Å². The summed E-state index contributed by atoms with van der Waals surface area (Å²) in [5.41, 5.74) is 3.00. The van der Waals surface area contributed by atoms with Crippen molar-refractivity contribution in [2.24, 2.45) is 0 Å². The number of benzene rings is 2. The highest BCUT2D eigenvalue weighted by Gasteiger charge is 2.37. The molecular weight excluding hydrogens is 583 g/mol. The average Bonchev–Trinajstić information content (AvgIpc) is 2.98. The van der Waals surface area contributed by atoms with Crippen molar-refractivity contribution in [3.63, 3.8) is 0 Å². The van der Waals surface area contributed by atoms with Gasteiger partial charge in [0, 0.05) is 13.1 Å². The van der Waals surface area contributed by atoms with Gasteiger partial charge in [0.2, 0.25) is 5.91 Å². The molecule has 1 fully saturated rings. The molecule has 154 valence electrons. The van der Waals surface area contributed by atoms with Gasteiger partial charge in [-0.25, -0.2) is 0 Å². The summed E-state index contributed by atoms with van der Waals surface area (Å²) in [4.78, 5) is 40.9. The lowest BCUT2D eigenvalue weighted by Gasteiger charge is -2.29. The lowest BCUT2D eigenvalue weighted by atomic mass is 10.00. The lowest BCUT2D eigenvalue weighted by molar-refractivity contribution is -0.136. The maximum atomic E-state index is 12.8. The molecule has 0 aliphatic carbocycles. The number of carbonyl (C=O) groups is 3. The minimum atomic E-state index is -0.477. The third kappa shape index (κ3) is 4.28. The van der Waals surface area contributed by atoms with E-state index >= 15 is 0 Å². The molecule has 4 rings (SSSR count). The molecule has 0 spiro atoms. The highest BCUT2D eigenvalue weighted by Crippen LogP contribution is 2.35. The van der Waals surface area contributed by atoms with E-state index in [1.807, 2.05) is 40.8 Å². The maximum Gasteiger partial charge on any atom is 0.294 e. The van der Waals surface area contributed by atoms with Gasteiger partial charge in [-0.1, -0.05) is 24.3 Å². The van der Waals surface area contributed by atoms with E-state index in [0.717, 1.165) is 28.6 Å². The number of imide groups is 1. The van der Waals surface area contributed by atoms with Gasteiger partial charge in [-0.3, -0.25) is 19.3 Å². The standard InChI is InChI=1S/C21H16BrIN2O4S/c22-15-7-12(8-16(23)19(15)27)9-17-20(28)25(21(29)30-17)11-18(26)24-6-5-13-3-1-2-4-14(13)10-24/h1-4,7-9,27H,5-6,10-11H2/b17-9-. The van der Waals surface area contributed by atoms with E-state index in [4.69, 9.17) is 0 Å². The zero-order valence-electron chi connectivity index (χ0n) is 15.6. The third-order valence-corrected chi connectivity index (χ3v) is 7.32. The largest absolute Gasteiger partial charge is 0.506 e. The molecule has 2 aliphatic heterocycles. The number of rotatable bonds is 3. The smallest absolute Gasteiger partial charge is 0.294 e. The van der Waals surface area contributed by atoms with Gasteiger partial charge in [0.05, 0.1) is 12.9 Å². The number of aromatic hydroxyl groups is 1. The van der Waals surface area contributed by atoms with E-state index in [2.05, 4.69) is 22.0 Å². The van der Waals surface area contributed by atoms with Gasteiger partial charge in [0.25, 0.3) is 11.1 Å². The van der Waals surface area contributed by atoms with Crippen LogP contribution in [-0.4, -0.2) is 45.0 Å². The Labute approximate surface area is 199 Å². The van der Waals surface area contributed by atoms with E-state index in [1.165, 1.54) is 5.56 Å². The summed E-state index contributed by atoms with van der Waals surface area (Å²) in [6.07, 6.45) is 2.36. The number of fused-ring (bicyclic) bond motifs is 1. The van der Waals surface area contributed by atoms with E-state index in [9.17, 15) is 19.5 Å². The van der Waals surface area contributed by atoms with Crippen LogP contribution in [0.15, 0.2) is 45.8 Å². The first-order chi connectivity index (χ1) is 14.3. The second-order valence-electron chi connectivity index (χ2n) is 6.94. The van der Waals surface area contributed by atoms with E-state index in [-0.39, 0.29) is 23.1 Å². The Morgan fingerprint density at radius 1 is 1.23 bits per heavy atom. The highest BCUT2D eigenvalue weighted by atomic mass is 127. The molecule has 3 amide bonds. The van der Waals surface area contributed by atoms with Gasteiger partial charge < -0.3 is 10.0 Å². The lowest BCUT2D eigenvalue weighted by Crippen LogP contribution is -2.44. The summed E-state index contributed by atoms with van der Waals surface area (Å²) in [5, 5.41) is 9.41. The van der Waals surface area contributed by atoms with Crippen molar-refractivity contribution in [3.05, 3.63) is 66.0 Å². The molecule has 2 aromatic rings. The normalized spacial score (nSPS) is 17.6. The van der Waals surface area contributed by atoms with E-state index in [1.54, 1.807) is 23.1 Å². The second-order valence-corrected chi connectivity index (χ2v) is 9.94. The fourth-order valence-corrected chi connectivity index (χ4v) is 5.74. The van der Waals surface area contributed by atoms with Crippen LogP contribution in [-0.2, 0) is 22.6 Å². The quantitative estimate of drug-likeness (QED) is 0.419. The van der Waals surface area contributed by atoms with Gasteiger partial charge in [-0.15, -0.1) is 0 Å². The number of carbonyl (C=O) groups excluding carboxylic acids is 3. The summed E-state index contributed by atoms with van der Waals surface area (Å²) in [5.74, 6) is -0.598. The average molecular weight is 599 g/mol. The molecule has 0 atom stereocenters. The first kappa shape index (κ1) is 21.4. The van der Waals surface area contributed by atoms with Crippen LogP contribution >= 0.6 is 50.3 Å². The summed E-state index contributed by atoms with van der Waals surface area (Å²) >= 11 is 6.08. The first-order valence-electron chi connectivity index (χ1n) is 9.11. The summed E-state index contributed by atoms with van der Waals surface area (Å²) in [6.45, 7) is 0.796. The first-order valence-corrected chi connectivity index (χ1v) is 11.8. The minimum Gasteiger partial charge on any atom is -0.506 e. The number of thioether (sulfide) groups is 1. The van der Waals surface area contributed by atoms with Crippen LogP contribution in [0, 0.1) is 3.57 Å². The molecule has 0 unspecified atom stereocenters. The Hall–Kier alpha value is -1.85. The zero-order chi connectivity index (χ0) is 21.4. The number of hydrogen-bond donors (Lipinski definition) is 1. The van der Waals surface area contributed by atoms with Gasteiger partial charge in [0.15, 0.2) is 0 Å². The Balaban J connectivity index is 1.48. The molecule has 1 saturated heterocycles. The van der Waals surface area contributed by atoms with Crippen LogP contribution < -0.4 is 0 Å². The van der Waals surface area contributed by atoms with Gasteiger partial charge in [0.1, 0.15) is 12.3 Å². The molecular formula is C21H16BrIN2O4S. The number of hydrogen-bond acceptors (Lipinski definition) is 5. The molecule has 2 heterocycles. The van der Waals surface area contributed by atoms with Crippen molar-refractivity contribution >= 4 is 73.4 Å². The molecule has 0 bridgehead atoms. The fraction of sp³-hybridized carbons (Fsp3) is 0.190. The Morgan fingerprint density at radius 3 is 2.70 bits per heavy atom. The monoisotopic (exact) mass is 598 g/mol. The number of nitrogens with zero attached hydrogens (tertiary/aromatic N) is 2. The number of phenolic OH excluding ortho intramolecular Hbond substituents is 1. The molecule has 1 N–H and O–H groups in total. The Morgan fingerprint density at radius 2 is 1.97 bits per heavy atom. The van der Waals surface area contributed by atoms with Crippen molar-refractivity contribution < 1.29 is 19.5 Å². The zero-order valence-corrected chi connectivity index (χ0v) is 20.2. The molecule has 0 aromatic heterocycles. The maximum absolute atomic E-state index is 12.8.